The van der Waals surface area contributed by atoms with Crippen LogP contribution in [0.1, 0.15) is 25.8 Å². The van der Waals surface area contributed by atoms with Crippen LogP contribution < -0.4 is 10.1 Å². The van der Waals surface area contributed by atoms with Gasteiger partial charge in [-0.2, -0.15) is 0 Å². The highest BCUT2D eigenvalue weighted by Crippen LogP contribution is 2.35. The highest BCUT2D eigenvalue weighted by Gasteiger charge is 2.17. The van der Waals surface area contributed by atoms with E-state index in [1.807, 2.05) is 7.05 Å². The number of rotatable bonds is 7. The molecule has 0 saturated heterocycles. The molecular weight excluding hydrogens is 374 g/mol. The Labute approximate surface area is 132 Å². The van der Waals surface area contributed by atoms with Gasteiger partial charge in [0.15, 0.2) is 0 Å². The highest BCUT2D eigenvalue weighted by atomic mass is 79.9. The number of benzene rings is 1. The maximum absolute atomic E-state index is 5.84. The molecule has 0 bridgehead atoms. The summed E-state index contributed by atoms with van der Waals surface area (Å²) in [5.74, 6) is 0.840. The van der Waals surface area contributed by atoms with E-state index in [0.717, 1.165) is 27.7 Å². The zero-order valence-electron chi connectivity index (χ0n) is 11.8. The third-order valence-electron chi connectivity index (χ3n) is 2.94. The van der Waals surface area contributed by atoms with Crippen molar-refractivity contribution in [1.29, 1.82) is 0 Å². The molecule has 0 aliphatic carbocycles. The van der Waals surface area contributed by atoms with Crippen molar-refractivity contribution in [3.05, 3.63) is 26.6 Å². The van der Waals surface area contributed by atoms with Gasteiger partial charge in [0.2, 0.25) is 0 Å². The Hall–Kier alpha value is -0.100. The Morgan fingerprint density at radius 2 is 1.79 bits per heavy atom. The first-order valence-corrected chi connectivity index (χ1v) is 7.78. The predicted molar refractivity (Wildman–Crippen MR) is 85.8 cm³/mol. The topological polar surface area (TPSA) is 30.5 Å². The second kappa shape index (κ2) is 7.62. The van der Waals surface area contributed by atoms with Crippen LogP contribution >= 0.6 is 31.9 Å². The quantitative estimate of drug-likeness (QED) is 0.754. The molecular formula is C14H21Br2NO2. The lowest BCUT2D eigenvalue weighted by Gasteiger charge is -2.23. The maximum Gasteiger partial charge on any atom is 0.147 e. The average Bonchev–Trinajstić information content (AvgIpc) is 2.33. The standard InChI is InChI=1S/C14H21Br2NO2/c1-14(2,18-4)5-6-19-13-11(15)7-10(9-17-3)8-12(13)16/h7-8,17H,5-6,9H2,1-4H3. The molecule has 1 aromatic carbocycles. The zero-order valence-corrected chi connectivity index (χ0v) is 15.0. The fourth-order valence-corrected chi connectivity index (χ4v) is 3.07. The minimum atomic E-state index is -0.162. The fourth-order valence-electron chi connectivity index (χ4n) is 1.56. The summed E-state index contributed by atoms with van der Waals surface area (Å²) in [4.78, 5) is 0. The first kappa shape index (κ1) is 17.0. The van der Waals surface area contributed by atoms with Crippen molar-refractivity contribution in [2.45, 2.75) is 32.4 Å². The Bertz CT molecular complexity index is 399. The van der Waals surface area contributed by atoms with E-state index >= 15 is 0 Å². The molecule has 1 N–H and O–H groups in total. The molecule has 0 aromatic heterocycles. The molecule has 0 atom stereocenters. The van der Waals surface area contributed by atoms with Gasteiger partial charge in [-0.15, -0.1) is 0 Å². The van der Waals surface area contributed by atoms with Gasteiger partial charge in [-0.05, 0) is 70.5 Å². The molecule has 0 radical (unpaired) electrons. The SMILES string of the molecule is CNCc1cc(Br)c(OCCC(C)(C)OC)c(Br)c1. The van der Waals surface area contributed by atoms with Gasteiger partial charge in [-0.25, -0.2) is 0 Å². The van der Waals surface area contributed by atoms with Crippen LogP contribution in [0.3, 0.4) is 0 Å². The summed E-state index contributed by atoms with van der Waals surface area (Å²) in [7, 11) is 3.65. The van der Waals surface area contributed by atoms with Crippen LogP contribution in [0.5, 0.6) is 5.75 Å². The minimum absolute atomic E-state index is 0.162. The second-order valence-electron chi connectivity index (χ2n) is 4.98. The van der Waals surface area contributed by atoms with Gasteiger partial charge in [0.1, 0.15) is 5.75 Å². The van der Waals surface area contributed by atoms with E-state index in [2.05, 4.69) is 63.2 Å². The Morgan fingerprint density at radius 1 is 1.21 bits per heavy atom. The summed E-state index contributed by atoms with van der Waals surface area (Å²) in [5, 5.41) is 3.13. The molecule has 0 aliphatic rings. The predicted octanol–water partition coefficient (Wildman–Crippen LogP) is 4.12. The summed E-state index contributed by atoms with van der Waals surface area (Å²) in [6, 6.07) is 4.14. The van der Waals surface area contributed by atoms with Gasteiger partial charge in [-0.3, -0.25) is 0 Å². The van der Waals surface area contributed by atoms with Gasteiger partial charge in [-0.1, -0.05) is 0 Å². The number of nitrogens with one attached hydrogen (secondary N) is 1. The van der Waals surface area contributed by atoms with Crippen LogP contribution in [0, 0.1) is 0 Å². The fraction of sp³-hybridized carbons (Fsp3) is 0.571. The Kier molecular flexibility index (Phi) is 6.80. The molecule has 0 unspecified atom stereocenters. The first-order chi connectivity index (χ1) is 8.89. The van der Waals surface area contributed by atoms with Crippen LogP contribution in [-0.2, 0) is 11.3 Å². The largest absolute Gasteiger partial charge is 0.491 e. The Balaban J connectivity index is 2.69. The molecule has 1 aromatic rings. The molecule has 108 valence electrons. The van der Waals surface area contributed by atoms with Gasteiger partial charge in [0.05, 0.1) is 21.2 Å². The maximum atomic E-state index is 5.84. The van der Waals surface area contributed by atoms with Crippen molar-refractivity contribution >= 4 is 31.9 Å². The minimum Gasteiger partial charge on any atom is -0.491 e. The molecule has 0 aliphatic heterocycles. The third kappa shape index (κ3) is 5.42. The van der Waals surface area contributed by atoms with E-state index in [1.165, 1.54) is 5.56 Å². The van der Waals surface area contributed by atoms with Crippen molar-refractivity contribution in [1.82, 2.24) is 5.32 Å². The summed E-state index contributed by atoms with van der Waals surface area (Å²) in [6.07, 6.45) is 0.834. The van der Waals surface area contributed by atoms with Gasteiger partial charge >= 0.3 is 0 Å². The number of ether oxygens (including phenoxy) is 2. The molecule has 1 rings (SSSR count). The molecule has 5 heteroatoms. The van der Waals surface area contributed by atoms with Crippen LogP contribution in [0.4, 0.5) is 0 Å². The van der Waals surface area contributed by atoms with E-state index < -0.39 is 0 Å². The zero-order chi connectivity index (χ0) is 14.5. The van der Waals surface area contributed by atoms with Crippen LogP contribution in [0.15, 0.2) is 21.1 Å². The number of halogens is 2. The molecule has 0 amide bonds. The van der Waals surface area contributed by atoms with E-state index in [-0.39, 0.29) is 5.60 Å². The molecule has 0 fully saturated rings. The second-order valence-corrected chi connectivity index (χ2v) is 6.69. The molecule has 0 saturated carbocycles. The van der Waals surface area contributed by atoms with Crippen molar-refractivity contribution in [3.63, 3.8) is 0 Å². The lowest BCUT2D eigenvalue weighted by atomic mass is 10.1. The molecule has 19 heavy (non-hydrogen) atoms. The Morgan fingerprint density at radius 3 is 2.26 bits per heavy atom. The number of methoxy groups -OCH3 is 1. The lowest BCUT2D eigenvalue weighted by Crippen LogP contribution is -2.25. The van der Waals surface area contributed by atoms with Crippen molar-refractivity contribution in [2.24, 2.45) is 0 Å². The molecule has 3 nitrogen and oxygen atoms in total. The van der Waals surface area contributed by atoms with Gasteiger partial charge < -0.3 is 14.8 Å². The lowest BCUT2D eigenvalue weighted by molar-refractivity contribution is 0.00533. The van der Waals surface area contributed by atoms with Crippen LogP contribution in [0.25, 0.3) is 0 Å². The smallest absolute Gasteiger partial charge is 0.147 e. The summed E-state index contributed by atoms with van der Waals surface area (Å²) in [6.45, 7) is 5.55. The van der Waals surface area contributed by atoms with Crippen molar-refractivity contribution in [3.8, 4) is 5.75 Å². The normalized spacial score (nSPS) is 11.7. The first-order valence-electron chi connectivity index (χ1n) is 6.20. The van der Waals surface area contributed by atoms with Crippen molar-refractivity contribution in [2.75, 3.05) is 20.8 Å². The third-order valence-corrected chi connectivity index (χ3v) is 4.12. The summed E-state index contributed by atoms with van der Waals surface area (Å²) in [5.41, 5.74) is 1.04. The average molecular weight is 395 g/mol. The van der Waals surface area contributed by atoms with Gasteiger partial charge in [0.25, 0.3) is 0 Å². The van der Waals surface area contributed by atoms with E-state index in [4.69, 9.17) is 9.47 Å². The number of hydrogen-bond donors (Lipinski definition) is 1. The van der Waals surface area contributed by atoms with Gasteiger partial charge in [0, 0.05) is 20.1 Å². The molecule has 0 spiro atoms. The van der Waals surface area contributed by atoms with E-state index in [0.29, 0.717) is 6.61 Å². The van der Waals surface area contributed by atoms with E-state index in [1.54, 1.807) is 7.11 Å². The summed E-state index contributed by atoms with van der Waals surface area (Å²) < 4.78 is 13.1. The van der Waals surface area contributed by atoms with Crippen LogP contribution in [-0.4, -0.2) is 26.4 Å². The summed E-state index contributed by atoms with van der Waals surface area (Å²) >= 11 is 7.10. The van der Waals surface area contributed by atoms with E-state index in [9.17, 15) is 0 Å². The van der Waals surface area contributed by atoms with Crippen LogP contribution in [0.2, 0.25) is 0 Å². The monoisotopic (exact) mass is 393 g/mol. The van der Waals surface area contributed by atoms with Crippen molar-refractivity contribution < 1.29 is 9.47 Å². The highest BCUT2D eigenvalue weighted by molar-refractivity contribution is 9.11. The number of hydrogen-bond acceptors (Lipinski definition) is 3. The molecule has 0 heterocycles.